The van der Waals surface area contributed by atoms with Crippen molar-refractivity contribution in [1.82, 2.24) is 0 Å². The quantitative estimate of drug-likeness (QED) is 0.179. The van der Waals surface area contributed by atoms with E-state index in [9.17, 15) is 36.0 Å². The molecule has 9 rings (SSSR count). The van der Waals surface area contributed by atoms with Crippen molar-refractivity contribution in [2.75, 3.05) is 19.2 Å². The Hall–Kier alpha value is -5.02. The third-order valence-corrected chi connectivity index (χ3v) is 13.2. The first-order valence-corrected chi connectivity index (χ1v) is 19.7. The number of anilines is 4. The number of imide groups is 2. The number of halogens is 2. The Morgan fingerprint density at radius 3 is 1.13 bits per heavy atom. The Kier molecular flexibility index (Phi) is 8.06. The molecular weight excluding hydrogens is 751 g/mol. The van der Waals surface area contributed by atoms with Gasteiger partial charge in [0.15, 0.2) is 0 Å². The van der Waals surface area contributed by atoms with Crippen LogP contribution in [0.25, 0.3) is 0 Å². The minimum Gasteiger partial charge on any atom is -0.280 e. The highest BCUT2D eigenvalue weighted by Gasteiger charge is 2.69. The summed E-state index contributed by atoms with van der Waals surface area (Å²) in [6.07, 6.45) is 3.40. The topological polar surface area (TPSA) is 167 Å². The smallest absolute Gasteiger partial charge is 0.261 e. The van der Waals surface area contributed by atoms with E-state index in [1.165, 1.54) is 97.1 Å². The Balaban J connectivity index is 1.06. The summed E-state index contributed by atoms with van der Waals surface area (Å²) in [5.74, 6) is -7.90. The molecule has 6 atom stereocenters. The second kappa shape index (κ2) is 12.3. The summed E-state index contributed by atoms with van der Waals surface area (Å²) >= 11 is 11.8. The summed E-state index contributed by atoms with van der Waals surface area (Å²) in [4.78, 5) is 57.8. The van der Waals surface area contributed by atoms with Gasteiger partial charge in [-0.2, -0.15) is 0 Å². The SMILES string of the molecule is O=C1[C@@H]2C3C=CC([C@H]4C(=O)N(c5cccc(S(=O)(=O)Nc6ccc(Cl)cc6)c5)C(=O)[C@@H]34)[C@@H]2C(=O)N1c1cccc(S(=O)(=O)Nc2ccc(Cl)cc2)c1. The minimum atomic E-state index is -4.13. The number of nitrogens with one attached hydrogen (secondary N) is 2. The van der Waals surface area contributed by atoms with Gasteiger partial charge in [0, 0.05) is 33.3 Å². The van der Waals surface area contributed by atoms with E-state index in [0.29, 0.717) is 10.0 Å². The second-order valence-corrected chi connectivity index (χ2v) is 17.1. The summed E-state index contributed by atoms with van der Waals surface area (Å²) in [6.45, 7) is 0. The van der Waals surface area contributed by atoms with Crippen molar-refractivity contribution in [3.8, 4) is 0 Å². The van der Waals surface area contributed by atoms with Crippen LogP contribution in [-0.2, 0) is 39.2 Å². The average Bonchev–Trinajstić information content (AvgIpc) is 3.57. The Morgan fingerprint density at radius 2 is 0.808 bits per heavy atom. The number of carbonyl (C=O) groups is 4. The molecule has 2 unspecified atom stereocenters. The molecule has 4 amide bonds. The fourth-order valence-electron chi connectivity index (χ4n) is 7.78. The fraction of sp³-hybridized carbons (Fsp3) is 0.167. The van der Waals surface area contributed by atoms with Gasteiger partial charge in [0.1, 0.15) is 0 Å². The summed E-state index contributed by atoms with van der Waals surface area (Å²) in [5.41, 5.74) is 0.597. The van der Waals surface area contributed by atoms with E-state index in [-0.39, 0.29) is 32.5 Å². The summed E-state index contributed by atoms with van der Waals surface area (Å²) in [7, 11) is -8.27. The van der Waals surface area contributed by atoms with Gasteiger partial charge in [0.25, 0.3) is 20.0 Å². The van der Waals surface area contributed by atoms with Crippen LogP contribution in [0.1, 0.15) is 0 Å². The molecule has 12 nitrogen and oxygen atoms in total. The number of rotatable bonds is 8. The van der Waals surface area contributed by atoms with Crippen LogP contribution in [0.3, 0.4) is 0 Å². The predicted molar refractivity (Wildman–Crippen MR) is 192 cm³/mol. The lowest BCUT2D eigenvalue weighted by Crippen LogP contribution is -2.50. The van der Waals surface area contributed by atoms with Gasteiger partial charge in [0.05, 0.1) is 44.8 Å². The number of allylic oxidation sites excluding steroid dienone is 2. The van der Waals surface area contributed by atoms with Gasteiger partial charge in [-0.25, -0.2) is 26.6 Å². The summed E-state index contributed by atoms with van der Waals surface area (Å²) in [6, 6.07) is 22.9. The number of nitrogens with zero attached hydrogens (tertiary/aromatic N) is 2. The van der Waals surface area contributed by atoms with Crippen molar-refractivity contribution in [3.05, 3.63) is 119 Å². The van der Waals surface area contributed by atoms with E-state index >= 15 is 0 Å². The number of carbonyl (C=O) groups excluding carboxylic acids is 4. The molecule has 0 aromatic heterocycles. The molecule has 5 aliphatic rings. The van der Waals surface area contributed by atoms with Gasteiger partial charge >= 0.3 is 0 Å². The lowest BCUT2D eigenvalue weighted by Gasteiger charge is -2.44. The van der Waals surface area contributed by atoms with Crippen molar-refractivity contribution in [3.63, 3.8) is 0 Å². The molecule has 2 aliphatic heterocycles. The number of hydrogen-bond donors (Lipinski definition) is 2. The maximum atomic E-state index is 14.1. The lowest BCUT2D eigenvalue weighted by atomic mass is 9.54. The molecule has 16 heteroatoms. The molecule has 264 valence electrons. The molecule has 4 aromatic carbocycles. The number of sulfonamides is 2. The highest BCUT2D eigenvalue weighted by molar-refractivity contribution is 7.93. The van der Waals surface area contributed by atoms with Crippen LogP contribution in [0.15, 0.2) is 119 Å². The average molecular weight is 778 g/mol. The van der Waals surface area contributed by atoms with E-state index in [1.807, 2.05) is 0 Å². The predicted octanol–water partition coefficient (Wildman–Crippen LogP) is 5.32. The van der Waals surface area contributed by atoms with Crippen LogP contribution >= 0.6 is 23.2 Å². The number of benzene rings is 4. The first kappa shape index (κ1) is 34.1. The molecule has 4 aromatic rings. The molecule has 3 fully saturated rings. The molecule has 2 N–H and O–H groups in total. The highest BCUT2D eigenvalue weighted by atomic mass is 35.5. The zero-order valence-corrected chi connectivity index (χ0v) is 29.7. The van der Waals surface area contributed by atoms with Crippen molar-refractivity contribution < 1.29 is 36.0 Å². The third-order valence-electron chi connectivity index (χ3n) is 9.98. The minimum absolute atomic E-state index is 0.0393. The molecule has 1 saturated carbocycles. The van der Waals surface area contributed by atoms with Gasteiger partial charge in [0.2, 0.25) is 23.6 Å². The lowest BCUT2D eigenvalue weighted by molar-refractivity contribution is -0.137. The van der Waals surface area contributed by atoms with Crippen LogP contribution < -0.4 is 19.2 Å². The first-order valence-electron chi connectivity index (χ1n) is 16.0. The van der Waals surface area contributed by atoms with E-state index in [1.54, 1.807) is 12.2 Å². The molecule has 0 spiro atoms. The molecule has 2 bridgehead atoms. The number of hydrogen-bond acceptors (Lipinski definition) is 8. The molecule has 52 heavy (non-hydrogen) atoms. The molecule has 2 heterocycles. The Bertz CT molecular complexity index is 2240. The largest absolute Gasteiger partial charge is 0.280 e. The molecule has 2 saturated heterocycles. The van der Waals surface area contributed by atoms with Gasteiger partial charge in [-0.15, -0.1) is 0 Å². The van der Waals surface area contributed by atoms with Gasteiger partial charge in [-0.3, -0.25) is 28.6 Å². The Morgan fingerprint density at radius 1 is 0.481 bits per heavy atom. The van der Waals surface area contributed by atoms with E-state index in [0.717, 1.165) is 9.80 Å². The summed E-state index contributed by atoms with van der Waals surface area (Å²) in [5, 5.41) is 0.842. The number of amides is 4. The Labute approximate surface area is 308 Å². The van der Waals surface area contributed by atoms with E-state index < -0.39 is 79.2 Å². The van der Waals surface area contributed by atoms with Crippen LogP contribution in [-0.4, -0.2) is 40.5 Å². The third kappa shape index (κ3) is 5.48. The molecular formula is C36H26Cl2N4O8S2. The van der Waals surface area contributed by atoms with Gasteiger partial charge in [-0.05, 0) is 84.9 Å². The zero-order valence-electron chi connectivity index (χ0n) is 26.6. The van der Waals surface area contributed by atoms with Gasteiger partial charge in [-0.1, -0.05) is 47.5 Å². The van der Waals surface area contributed by atoms with Crippen molar-refractivity contribution >= 4 is 89.6 Å². The maximum Gasteiger partial charge on any atom is 0.261 e. The molecule has 3 aliphatic carbocycles. The van der Waals surface area contributed by atoms with Gasteiger partial charge < -0.3 is 0 Å². The summed E-state index contributed by atoms with van der Waals surface area (Å²) < 4.78 is 57.9. The highest BCUT2D eigenvalue weighted by Crippen LogP contribution is 2.58. The van der Waals surface area contributed by atoms with Crippen LogP contribution in [0, 0.1) is 35.5 Å². The van der Waals surface area contributed by atoms with E-state index in [2.05, 4.69) is 9.44 Å². The second-order valence-electron chi connectivity index (χ2n) is 12.9. The fourth-order valence-corrected chi connectivity index (χ4v) is 10.2. The van der Waals surface area contributed by atoms with Crippen molar-refractivity contribution in [2.24, 2.45) is 35.5 Å². The monoisotopic (exact) mass is 776 g/mol. The van der Waals surface area contributed by atoms with Crippen LogP contribution in [0.5, 0.6) is 0 Å². The van der Waals surface area contributed by atoms with Crippen LogP contribution in [0.2, 0.25) is 10.0 Å². The van der Waals surface area contributed by atoms with Crippen molar-refractivity contribution in [2.45, 2.75) is 9.79 Å². The maximum absolute atomic E-state index is 14.1. The van der Waals surface area contributed by atoms with Crippen LogP contribution in [0.4, 0.5) is 22.7 Å². The first-order chi connectivity index (χ1) is 24.7. The van der Waals surface area contributed by atoms with Crippen molar-refractivity contribution in [1.29, 1.82) is 0 Å². The normalized spacial score (nSPS) is 25.0. The van der Waals surface area contributed by atoms with E-state index in [4.69, 9.17) is 23.2 Å². The zero-order chi connectivity index (χ0) is 36.7. The molecule has 0 radical (unpaired) electrons. The standard InChI is InChI=1S/C36H26Cl2N4O8S2/c37-19-7-11-21(12-8-19)39-51(47,48)25-5-1-3-23(17-25)41-33(43)29-27-15-16-28(30(29)34(41)44)32-31(27)35(45)42(36(32)46)24-4-2-6-26(18-24)52(49,50)40-22-13-9-20(38)10-14-22/h1-18,27-32,39-40H/t27?,28?,29-,30+,31+,32-.